The Labute approximate surface area is 93.0 Å². The van der Waals surface area contributed by atoms with Gasteiger partial charge in [-0.15, -0.1) is 0 Å². The highest BCUT2D eigenvalue weighted by Crippen LogP contribution is 2.36. The Balaban J connectivity index is 2.28. The predicted octanol–water partition coefficient (Wildman–Crippen LogP) is 3.83. The summed E-state index contributed by atoms with van der Waals surface area (Å²) in [4.78, 5) is 11.1. The van der Waals surface area contributed by atoms with Gasteiger partial charge in [-0.25, -0.2) is 0 Å². The standard InChI is InChI=1S/C11H10Cl2O/c12-8-2-4-10(11(13)6-8)7-1-3-9(14)5-7/h2,4,6-7H,1,3,5H2/t7-/m0/s1. The zero-order chi connectivity index (χ0) is 10.1. The molecular weight excluding hydrogens is 219 g/mol. The van der Waals surface area contributed by atoms with E-state index in [0.29, 0.717) is 34.6 Å². The Morgan fingerprint density at radius 3 is 2.64 bits per heavy atom. The third-order valence-corrected chi connectivity index (χ3v) is 3.21. The van der Waals surface area contributed by atoms with E-state index in [9.17, 15) is 4.79 Å². The van der Waals surface area contributed by atoms with Crippen LogP contribution < -0.4 is 0 Å². The molecule has 0 heterocycles. The van der Waals surface area contributed by atoms with Gasteiger partial charge in [-0.3, -0.25) is 4.79 Å². The fraction of sp³-hybridized carbons (Fsp3) is 0.364. The van der Waals surface area contributed by atoms with Crippen LogP contribution in [0.25, 0.3) is 0 Å². The normalized spacial score (nSPS) is 21.6. The van der Waals surface area contributed by atoms with E-state index in [1.165, 1.54) is 0 Å². The third kappa shape index (κ3) is 1.94. The molecule has 3 heteroatoms. The van der Waals surface area contributed by atoms with Gasteiger partial charge in [0.15, 0.2) is 0 Å². The molecule has 1 nitrogen and oxygen atoms in total. The van der Waals surface area contributed by atoms with Crippen molar-refractivity contribution in [3.8, 4) is 0 Å². The molecule has 1 aliphatic rings. The molecule has 0 aliphatic heterocycles. The molecular formula is C11H10Cl2O. The predicted molar refractivity (Wildman–Crippen MR) is 58.1 cm³/mol. The first-order valence-corrected chi connectivity index (χ1v) is 5.39. The van der Waals surface area contributed by atoms with Crippen molar-refractivity contribution in [3.63, 3.8) is 0 Å². The number of carbonyl (C=O) groups is 1. The Morgan fingerprint density at radius 2 is 2.07 bits per heavy atom. The maximum atomic E-state index is 11.1. The van der Waals surface area contributed by atoms with E-state index in [1.807, 2.05) is 12.1 Å². The van der Waals surface area contributed by atoms with Gasteiger partial charge in [0.05, 0.1) is 0 Å². The number of benzene rings is 1. The van der Waals surface area contributed by atoms with Crippen LogP contribution in [0.15, 0.2) is 18.2 Å². The minimum atomic E-state index is 0.298. The van der Waals surface area contributed by atoms with Crippen LogP contribution in [0.5, 0.6) is 0 Å². The van der Waals surface area contributed by atoms with E-state index in [0.717, 1.165) is 12.0 Å². The number of halogens is 2. The fourth-order valence-electron chi connectivity index (χ4n) is 1.91. The summed E-state index contributed by atoms with van der Waals surface area (Å²) >= 11 is 11.9. The molecule has 0 radical (unpaired) electrons. The lowest BCUT2D eigenvalue weighted by atomic mass is 9.98. The molecule has 0 unspecified atom stereocenters. The molecule has 0 bridgehead atoms. The summed E-state index contributed by atoms with van der Waals surface area (Å²) in [6.45, 7) is 0. The summed E-state index contributed by atoms with van der Waals surface area (Å²) in [5.74, 6) is 0.633. The maximum Gasteiger partial charge on any atom is 0.133 e. The van der Waals surface area contributed by atoms with E-state index in [-0.39, 0.29) is 0 Å². The lowest BCUT2D eigenvalue weighted by Crippen LogP contribution is -1.95. The third-order valence-electron chi connectivity index (χ3n) is 2.65. The number of rotatable bonds is 1. The molecule has 1 atom stereocenters. The van der Waals surface area contributed by atoms with E-state index >= 15 is 0 Å². The van der Waals surface area contributed by atoms with Gasteiger partial charge in [-0.05, 0) is 30.0 Å². The molecule has 14 heavy (non-hydrogen) atoms. The molecule has 74 valence electrons. The smallest absolute Gasteiger partial charge is 0.133 e. The summed E-state index contributed by atoms with van der Waals surface area (Å²) < 4.78 is 0. The monoisotopic (exact) mass is 228 g/mol. The number of carbonyl (C=O) groups excluding carboxylic acids is 1. The van der Waals surface area contributed by atoms with Crippen LogP contribution >= 0.6 is 23.2 Å². The lowest BCUT2D eigenvalue weighted by molar-refractivity contribution is -0.117. The Bertz CT molecular complexity index is 374. The summed E-state index contributed by atoms with van der Waals surface area (Å²) in [7, 11) is 0. The molecule has 1 aromatic carbocycles. The molecule has 1 saturated carbocycles. The quantitative estimate of drug-likeness (QED) is 0.715. The molecule has 1 aromatic rings. The first-order valence-electron chi connectivity index (χ1n) is 4.63. The zero-order valence-corrected chi connectivity index (χ0v) is 9.11. The summed E-state index contributed by atoms with van der Waals surface area (Å²) in [6, 6.07) is 5.49. The Morgan fingerprint density at radius 1 is 1.29 bits per heavy atom. The van der Waals surface area contributed by atoms with Gasteiger partial charge in [0, 0.05) is 22.9 Å². The minimum Gasteiger partial charge on any atom is -0.300 e. The van der Waals surface area contributed by atoms with Gasteiger partial charge in [-0.2, -0.15) is 0 Å². The van der Waals surface area contributed by atoms with Crippen LogP contribution in [0.3, 0.4) is 0 Å². The van der Waals surface area contributed by atoms with Crippen molar-refractivity contribution in [2.45, 2.75) is 25.2 Å². The molecule has 1 aliphatic carbocycles. The molecule has 2 rings (SSSR count). The second-order valence-electron chi connectivity index (χ2n) is 3.64. The molecule has 0 N–H and O–H groups in total. The highest BCUT2D eigenvalue weighted by atomic mass is 35.5. The first-order chi connectivity index (χ1) is 6.66. The topological polar surface area (TPSA) is 17.1 Å². The van der Waals surface area contributed by atoms with Crippen molar-refractivity contribution in [2.75, 3.05) is 0 Å². The van der Waals surface area contributed by atoms with Crippen molar-refractivity contribution in [1.29, 1.82) is 0 Å². The molecule has 0 aromatic heterocycles. The van der Waals surface area contributed by atoms with Gasteiger partial charge in [0.1, 0.15) is 5.78 Å². The van der Waals surface area contributed by atoms with Crippen molar-refractivity contribution in [2.24, 2.45) is 0 Å². The van der Waals surface area contributed by atoms with Gasteiger partial charge >= 0.3 is 0 Å². The SMILES string of the molecule is O=C1CC[C@H](c2ccc(Cl)cc2Cl)C1. The molecule has 1 fully saturated rings. The van der Waals surface area contributed by atoms with Crippen LogP contribution in [-0.2, 0) is 4.79 Å². The van der Waals surface area contributed by atoms with E-state index in [2.05, 4.69) is 0 Å². The molecule has 0 saturated heterocycles. The average Bonchev–Trinajstić information content (AvgIpc) is 2.51. The zero-order valence-electron chi connectivity index (χ0n) is 7.59. The van der Waals surface area contributed by atoms with Crippen molar-refractivity contribution < 1.29 is 4.79 Å². The largest absolute Gasteiger partial charge is 0.300 e. The van der Waals surface area contributed by atoms with Crippen LogP contribution in [0.2, 0.25) is 10.0 Å². The Hall–Kier alpha value is -0.530. The van der Waals surface area contributed by atoms with E-state index in [1.54, 1.807) is 6.07 Å². The van der Waals surface area contributed by atoms with E-state index < -0.39 is 0 Å². The number of Topliss-reactive ketones (excluding diaryl/α,β-unsaturated/α-hetero) is 1. The number of ketones is 1. The van der Waals surface area contributed by atoms with Crippen molar-refractivity contribution >= 4 is 29.0 Å². The van der Waals surface area contributed by atoms with Gasteiger partial charge in [0.2, 0.25) is 0 Å². The summed E-state index contributed by atoms with van der Waals surface area (Å²) in [6.07, 6.45) is 2.23. The molecule has 0 amide bonds. The average molecular weight is 229 g/mol. The second kappa shape index (κ2) is 3.92. The second-order valence-corrected chi connectivity index (χ2v) is 4.49. The number of hydrogen-bond donors (Lipinski definition) is 0. The van der Waals surface area contributed by atoms with Gasteiger partial charge in [-0.1, -0.05) is 29.3 Å². The van der Waals surface area contributed by atoms with Crippen LogP contribution in [0.4, 0.5) is 0 Å². The maximum absolute atomic E-state index is 11.1. The van der Waals surface area contributed by atoms with Crippen molar-refractivity contribution in [3.05, 3.63) is 33.8 Å². The highest BCUT2D eigenvalue weighted by Gasteiger charge is 2.24. The highest BCUT2D eigenvalue weighted by molar-refractivity contribution is 6.35. The van der Waals surface area contributed by atoms with E-state index in [4.69, 9.17) is 23.2 Å². The lowest BCUT2D eigenvalue weighted by Gasteiger charge is -2.10. The first kappa shape index (κ1) is 10.0. The fourth-order valence-corrected chi connectivity index (χ4v) is 2.48. The number of hydrogen-bond acceptors (Lipinski definition) is 1. The van der Waals surface area contributed by atoms with Gasteiger partial charge in [0.25, 0.3) is 0 Å². The summed E-state index contributed by atoms with van der Waals surface area (Å²) in [5.41, 5.74) is 1.06. The van der Waals surface area contributed by atoms with Crippen LogP contribution in [0.1, 0.15) is 30.7 Å². The minimum absolute atomic E-state index is 0.298. The van der Waals surface area contributed by atoms with Crippen LogP contribution in [-0.4, -0.2) is 5.78 Å². The summed E-state index contributed by atoms with van der Waals surface area (Å²) in [5, 5.41) is 1.32. The van der Waals surface area contributed by atoms with Gasteiger partial charge < -0.3 is 0 Å². The van der Waals surface area contributed by atoms with Crippen LogP contribution in [0, 0.1) is 0 Å². The van der Waals surface area contributed by atoms with Crippen molar-refractivity contribution in [1.82, 2.24) is 0 Å². The molecule has 0 spiro atoms. The Kier molecular flexibility index (Phi) is 2.80.